The highest BCUT2D eigenvalue weighted by Gasteiger charge is 2.19. The summed E-state index contributed by atoms with van der Waals surface area (Å²) in [6.07, 6.45) is 1.69. The quantitative estimate of drug-likeness (QED) is 0.782. The second kappa shape index (κ2) is 9.00. The molecule has 0 saturated carbocycles. The zero-order chi connectivity index (χ0) is 15.7. The monoisotopic (exact) mass is 292 g/mol. The molecule has 1 aromatic rings. The zero-order valence-corrected chi connectivity index (χ0v) is 13.0. The van der Waals surface area contributed by atoms with E-state index < -0.39 is 11.8 Å². The van der Waals surface area contributed by atoms with Gasteiger partial charge in [0.1, 0.15) is 5.75 Å². The van der Waals surface area contributed by atoms with Gasteiger partial charge in [-0.1, -0.05) is 26.0 Å². The number of nitrogens with zero attached hydrogens (tertiary/aromatic N) is 1. The van der Waals surface area contributed by atoms with E-state index in [0.717, 1.165) is 24.2 Å². The topological polar surface area (TPSA) is 58.6 Å². The van der Waals surface area contributed by atoms with Gasteiger partial charge in [0.05, 0.1) is 7.11 Å². The zero-order valence-electron chi connectivity index (χ0n) is 13.0. The van der Waals surface area contributed by atoms with Crippen LogP contribution in [0.25, 0.3) is 0 Å². The highest BCUT2D eigenvalue weighted by atomic mass is 16.5. The number of amides is 2. The summed E-state index contributed by atoms with van der Waals surface area (Å²) in [4.78, 5) is 25.5. The Morgan fingerprint density at radius 3 is 2.14 bits per heavy atom. The normalized spacial score (nSPS) is 10.0. The summed E-state index contributed by atoms with van der Waals surface area (Å²) in [5.41, 5.74) is 0.925. The molecule has 5 nitrogen and oxygen atoms in total. The van der Waals surface area contributed by atoms with Crippen LogP contribution in [0, 0.1) is 0 Å². The highest BCUT2D eigenvalue weighted by molar-refractivity contribution is 6.34. The van der Waals surface area contributed by atoms with Crippen LogP contribution in [0.4, 0.5) is 0 Å². The molecule has 2 amide bonds. The molecule has 0 heterocycles. The molecule has 1 N–H and O–H groups in total. The average Bonchev–Trinajstić information content (AvgIpc) is 2.52. The van der Waals surface area contributed by atoms with Crippen LogP contribution in [-0.2, 0) is 16.1 Å². The molecule has 0 aliphatic carbocycles. The first-order valence-corrected chi connectivity index (χ1v) is 7.32. The molecule has 1 rings (SSSR count). The number of hydrogen-bond donors (Lipinski definition) is 1. The summed E-state index contributed by atoms with van der Waals surface area (Å²) >= 11 is 0. The molecule has 0 aromatic heterocycles. The van der Waals surface area contributed by atoms with E-state index in [-0.39, 0.29) is 0 Å². The van der Waals surface area contributed by atoms with Crippen molar-refractivity contribution in [2.75, 3.05) is 20.2 Å². The minimum Gasteiger partial charge on any atom is -0.497 e. The molecule has 0 spiro atoms. The van der Waals surface area contributed by atoms with E-state index in [9.17, 15) is 9.59 Å². The smallest absolute Gasteiger partial charge is 0.311 e. The van der Waals surface area contributed by atoms with Gasteiger partial charge < -0.3 is 15.0 Å². The fourth-order valence-electron chi connectivity index (χ4n) is 2.00. The Morgan fingerprint density at radius 1 is 1.10 bits per heavy atom. The Balaban J connectivity index is 2.52. The predicted octanol–water partition coefficient (Wildman–Crippen LogP) is 1.96. The van der Waals surface area contributed by atoms with Crippen molar-refractivity contribution in [3.05, 3.63) is 29.8 Å². The van der Waals surface area contributed by atoms with E-state index in [0.29, 0.717) is 19.6 Å². The molecule has 0 unspecified atom stereocenters. The Morgan fingerprint density at radius 2 is 1.67 bits per heavy atom. The van der Waals surface area contributed by atoms with E-state index in [1.165, 1.54) is 0 Å². The molecule has 0 atom stereocenters. The minimum atomic E-state index is -0.548. The number of hydrogen-bond acceptors (Lipinski definition) is 3. The van der Waals surface area contributed by atoms with Crippen LogP contribution in [0.2, 0.25) is 0 Å². The van der Waals surface area contributed by atoms with Gasteiger partial charge >= 0.3 is 11.8 Å². The van der Waals surface area contributed by atoms with Crippen LogP contribution >= 0.6 is 0 Å². The Bertz CT molecular complexity index is 451. The first-order chi connectivity index (χ1) is 10.1. The molecule has 0 aliphatic heterocycles. The van der Waals surface area contributed by atoms with Gasteiger partial charge in [-0.15, -0.1) is 0 Å². The molecule has 0 fully saturated rings. The summed E-state index contributed by atoms with van der Waals surface area (Å²) in [7, 11) is 1.60. The van der Waals surface area contributed by atoms with E-state index in [4.69, 9.17) is 4.74 Å². The Kier molecular flexibility index (Phi) is 7.29. The number of carbonyl (C=O) groups is 2. The molecule has 1 aromatic carbocycles. The number of rotatable bonds is 7. The molecule has 0 bridgehead atoms. The van der Waals surface area contributed by atoms with Gasteiger partial charge in [-0.2, -0.15) is 0 Å². The van der Waals surface area contributed by atoms with Gasteiger partial charge in [0, 0.05) is 19.6 Å². The van der Waals surface area contributed by atoms with Crippen LogP contribution in [0.5, 0.6) is 5.75 Å². The fraction of sp³-hybridized carbons (Fsp3) is 0.500. The van der Waals surface area contributed by atoms with Crippen molar-refractivity contribution in [1.82, 2.24) is 10.2 Å². The summed E-state index contributed by atoms with van der Waals surface area (Å²) in [5, 5.41) is 2.66. The Labute approximate surface area is 126 Å². The van der Waals surface area contributed by atoms with Gasteiger partial charge in [0.25, 0.3) is 0 Å². The van der Waals surface area contributed by atoms with Crippen LogP contribution in [0.3, 0.4) is 0 Å². The number of methoxy groups -OCH3 is 1. The molecular weight excluding hydrogens is 268 g/mol. The van der Waals surface area contributed by atoms with Crippen LogP contribution in [0.1, 0.15) is 32.3 Å². The lowest BCUT2D eigenvalue weighted by atomic mass is 10.2. The first kappa shape index (κ1) is 17.0. The Hall–Kier alpha value is -2.04. The molecule has 21 heavy (non-hydrogen) atoms. The van der Waals surface area contributed by atoms with Crippen molar-refractivity contribution in [3.63, 3.8) is 0 Å². The highest BCUT2D eigenvalue weighted by Crippen LogP contribution is 2.10. The lowest BCUT2D eigenvalue weighted by molar-refractivity contribution is -0.146. The standard InChI is InChI=1S/C16H24N2O3/c1-4-10-18(11-5-2)16(20)15(19)17-12-13-6-8-14(21-3)9-7-13/h6-9H,4-5,10-12H2,1-3H3,(H,17,19). The van der Waals surface area contributed by atoms with Crippen LogP contribution in [-0.4, -0.2) is 36.9 Å². The maximum Gasteiger partial charge on any atom is 0.311 e. The SMILES string of the molecule is CCCN(CCC)C(=O)C(=O)NCc1ccc(OC)cc1. The number of ether oxygens (including phenoxy) is 1. The summed E-state index contributed by atoms with van der Waals surface area (Å²) in [5.74, 6) is -0.238. The molecular formula is C16H24N2O3. The second-order valence-electron chi connectivity index (χ2n) is 4.82. The van der Waals surface area contributed by atoms with Crippen molar-refractivity contribution < 1.29 is 14.3 Å². The van der Waals surface area contributed by atoms with Crippen molar-refractivity contribution in [2.45, 2.75) is 33.2 Å². The van der Waals surface area contributed by atoms with E-state index in [2.05, 4.69) is 5.32 Å². The molecule has 0 aliphatic rings. The lowest BCUT2D eigenvalue weighted by Gasteiger charge is -2.20. The van der Waals surface area contributed by atoms with Crippen molar-refractivity contribution in [3.8, 4) is 5.75 Å². The van der Waals surface area contributed by atoms with Crippen LogP contribution in [0.15, 0.2) is 24.3 Å². The van der Waals surface area contributed by atoms with E-state index in [1.807, 2.05) is 38.1 Å². The predicted molar refractivity (Wildman–Crippen MR) is 82.0 cm³/mol. The largest absolute Gasteiger partial charge is 0.497 e. The molecule has 0 radical (unpaired) electrons. The van der Waals surface area contributed by atoms with E-state index in [1.54, 1.807) is 12.0 Å². The van der Waals surface area contributed by atoms with Gasteiger partial charge in [0.2, 0.25) is 0 Å². The van der Waals surface area contributed by atoms with Crippen molar-refractivity contribution >= 4 is 11.8 Å². The lowest BCUT2D eigenvalue weighted by Crippen LogP contribution is -2.43. The maximum atomic E-state index is 12.0. The number of carbonyl (C=O) groups excluding carboxylic acids is 2. The van der Waals surface area contributed by atoms with Crippen LogP contribution < -0.4 is 10.1 Å². The molecule has 0 saturated heterocycles. The van der Waals surface area contributed by atoms with Gasteiger partial charge in [-0.25, -0.2) is 0 Å². The summed E-state index contributed by atoms with van der Waals surface area (Å²) in [6.45, 7) is 5.54. The van der Waals surface area contributed by atoms with Gasteiger partial charge in [-0.05, 0) is 30.5 Å². The van der Waals surface area contributed by atoms with Crippen molar-refractivity contribution in [2.24, 2.45) is 0 Å². The number of nitrogens with one attached hydrogen (secondary N) is 1. The number of benzene rings is 1. The van der Waals surface area contributed by atoms with E-state index >= 15 is 0 Å². The average molecular weight is 292 g/mol. The van der Waals surface area contributed by atoms with Gasteiger partial charge in [-0.3, -0.25) is 9.59 Å². The minimum absolute atomic E-state index is 0.334. The summed E-state index contributed by atoms with van der Waals surface area (Å²) in [6, 6.07) is 7.37. The molecule has 5 heteroatoms. The summed E-state index contributed by atoms with van der Waals surface area (Å²) < 4.78 is 5.07. The third-order valence-corrected chi connectivity index (χ3v) is 3.08. The third kappa shape index (κ3) is 5.45. The molecule has 116 valence electrons. The third-order valence-electron chi connectivity index (χ3n) is 3.08. The fourth-order valence-corrected chi connectivity index (χ4v) is 2.00. The second-order valence-corrected chi connectivity index (χ2v) is 4.82. The maximum absolute atomic E-state index is 12.0. The first-order valence-electron chi connectivity index (χ1n) is 7.32. The van der Waals surface area contributed by atoms with Gasteiger partial charge in [0.15, 0.2) is 0 Å². The van der Waals surface area contributed by atoms with Crippen molar-refractivity contribution in [1.29, 1.82) is 0 Å².